The van der Waals surface area contributed by atoms with Crippen molar-refractivity contribution in [3.05, 3.63) is 59.8 Å². The zero-order valence-corrected chi connectivity index (χ0v) is 18.3. The number of halogens is 2. The van der Waals surface area contributed by atoms with Crippen LogP contribution in [0.1, 0.15) is 18.4 Å². The summed E-state index contributed by atoms with van der Waals surface area (Å²) >= 11 is 0. The number of nitrogens with zero attached hydrogens (tertiary/aromatic N) is 2. The van der Waals surface area contributed by atoms with Gasteiger partial charge in [0.25, 0.3) is 0 Å². The molecule has 1 aromatic heterocycles. The maximum Gasteiger partial charge on any atom is 0.227 e. The summed E-state index contributed by atoms with van der Waals surface area (Å²) in [4.78, 5) is 8.29. The maximum atomic E-state index is 14.5. The molecule has 2 aromatic carbocycles. The first-order valence-electron chi connectivity index (χ1n) is 10.1. The van der Waals surface area contributed by atoms with E-state index in [1.807, 2.05) is 0 Å². The zero-order chi connectivity index (χ0) is 22.7. The van der Waals surface area contributed by atoms with E-state index in [4.69, 9.17) is 9.52 Å². The molecular formula is C22H23F2N5O2S. The average molecular weight is 460 g/mol. The molecule has 1 aliphatic rings. The molecule has 3 aromatic rings. The van der Waals surface area contributed by atoms with Gasteiger partial charge in [-0.15, -0.1) is 0 Å². The first-order valence-corrected chi connectivity index (χ1v) is 12.2. The van der Waals surface area contributed by atoms with E-state index in [1.165, 1.54) is 24.5 Å². The molecule has 1 atom stereocenters. The van der Waals surface area contributed by atoms with E-state index in [-0.39, 0.29) is 23.1 Å². The Kier molecular flexibility index (Phi) is 6.22. The van der Waals surface area contributed by atoms with Crippen molar-refractivity contribution in [2.75, 3.05) is 30.0 Å². The molecule has 0 unspecified atom stereocenters. The van der Waals surface area contributed by atoms with Crippen molar-refractivity contribution in [3.63, 3.8) is 0 Å². The number of nitrogens with one attached hydrogen (secondary N) is 3. The van der Waals surface area contributed by atoms with E-state index in [0.717, 1.165) is 19.0 Å². The average Bonchev–Trinajstić information content (AvgIpc) is 2.71. The molecule has 1 aliphatic heterocycles. The van der Waals surface area contributed by atoms with Crippen molar-refractivity contribution in [2.24, 2.45) is 0 Å². The molecule has 0 aliphatic carbocycles. The van der Waals surface area contributed by atoms with Crippen LogP contribution in [0.4, 0.5) is 26.1 Å². The second-order valence-electron chi connectivity index (χ2n) is 7.71. The Morgan fingerprint density at radius 3 is 2.81 bits per heavy atom. The van der Waals surface area contributed by atoms with Gasteiger partial charge < -0.3 is 15.4 Å². The third-order valence-corrected chi connectivity index (χ3v) is 5.69. The van der Waals surface area contributed by atoms with E-state index in [2.05, 4.69) is 20.6 Å². The highest BCUT2D eigenvalue weighted by atomic mass is 32.2. The Hall–Kier alpha value is -3.27. The highest BCUT2D eigenvalue weighted by Crippen LogP contribution is 2.29. The van der Waals surface area contributed by atoms with Crippen molar-refractivity contribution in [3.8, 4) is 17.0 Å². The summed E-state index contributed by atoms with van der Waals surface area (Å²) in [5.41, 5.74) is 1.96. The Labute approximate surface area is 185 Å². The second-order valence-corrected chi connectivity index (χ2v) is 10.0. The summed E-state index contributed by atoms with van der Waals surface area (Å²) in [6, 6.07) is 9.51. The molecule has 0 saturated carbocycles. The minimum Gasteiger partial charge on any atom is -0.494 e. The smallest absolute Gasteiger partial charge is 0.227 e. The molecule has 6 bridgehead atoms. The quantitative estimate of drug-likeness (QED) is 0.503. The van der Waals surface area contributed by atoms with Gasteiger partial charge in [-0.2, -0.15) is 0 Å². The summed E-state index contributed by atoms with van der Waals surface area (Å²) in [5.74, 6) is -0.308. The van der Waals surface area contributed by atoms with E-state index >= 15 is 0 Å². The lowest BCUT2D eigenvalue weighted by molar-refractivity contribution is 0.308. The van der Waals surface area contributed by atoms with Crippen LogP contribution in [0.3, 0.4) is 0 Å². The van der Waals surface area contributed by atoms with E-state index in [1.54, 1.807) is 18.2 Å². The van der Waals surface area contributed by atoms with Crippen LogP contribution in [0, 0.1) is 16.4 Å². The van der Waals surface area contributed by atoms with Crippen molar-refractivity contribution in [2.45, 2.75) is 18.6 Å². The van der Waals surface area contributed by atoms with Crippen LogP contribution in [0.15, 0.2) is 42.6 Å². The van der Waals surface area contributed by atoms with Gasteiger partial charge in [0.1, 0.15) is 17.3 Å². The Morgan fingerprint density at radius 1 is 1.16 bits per heavy atom. The second kappa shape index (κ2) is 9.07. The van der Waals surface area contributed by atoms with Crippen molar-refractivity contribution in [1.29, 1.82) is 4.78 Å². The fourth-order valence-electron chi connectivity index (χ4n) is 3.42. The highest BCUT2D eigenvalue weighted by Gasteiger charge is 2.14. The topological polar surface area (TPSA) is 100.0 Å². The molecule has 10 heteroatoms. The number of rotatable bonds is 2. The molecule has 0 saturated heterocycles. The van der Waals surface area contributed by atoms with Crippen molar-refractivity contribution >= 4 is 27.1 Å². The van der Waals surface area contributed by atoms with E-state index in [0.29, 0.717) is 35.7 Å². The molecule has 4 rings (SSSR count). The minimum atomic E-state index is -2.76. The number of anilines is 3. The maximum absolute atomic E-state index is 14.5. The van der Waals surface area contributed by atoms with Gasteiger partial charge in [-0.05, 0) is 48.7 Å². The SMILES string of the molecule is C[S@](=N)(=O)Cc1cc2cc(c1)OCCCCNc1cc(ccc1F)-c1nc(ncc1F)N2. The standard InChI is InChI=1S/C22H23F2N5O2S/c1-32(25,30)13-14-8-16-11-17(9-14)31-7-3-2-6-26-20-10-15(4-5-18(20)23)21-19(24)12-27-22(28-16)29-21/h4-5,8-12,25-26H,2-3,6-7,13H2,1H3,(H,27,28,29)/t32-/m0/s1. The fraction of sp³-hybridized carbons (Fsp3) is 0.273. The first-order chi connectivity index (χ1) is 15.3. The normalized spacial score (nSPS) is 15.6. The van der Waals surface area contributed by atoms with E-state index < -0.39 is 21.4 Å². The summed E-state index contributed by atoms with van der Waals surface area (Å²) in [6.45, 7) is 0.956. The molecule has 32 heavy (non-hydrogen) atoms. The Balaban J connectivity index is 1.77. The lowest BCUT2D eigenvalue weighted by atomic mass is 10.1. The molecule has 3 N–H and O–H groups in total. The van der Waals surface area contributed by atoms with Gasteiger partial charge in [0.15, 0.2) is 5.82 Å². The number of fused-ring (bicyclic) bond motifs is 7. The van der Waals surface area contributed by atoms with Crippen LogP contribution in [0.5, 0.6) is 5.75 Å². The van der Waals surface area contributed by atoms with Gasteiger partial charge in [-0.3, -0.25) is 4.78 Å². The number of ether oxygens (including phenoxy) is 1. The number of aromatic nitrogens is 2. The molecule has 0 fully saturated rings. The largest absolute Gasteiger partial charge is 0.494 e. The van der Waals surface area contributed by atoms with Crippen LogP contribution in [-0.2, 0) is 15.5 Å². The number of hydrogen-bond acceptors (Lipinski definition) is 7. The molecule has 0 radical (unpaired) electrons. The van der Waals surface area contributed by atoms with Crippen LogP contribution in [-0.4, -0.2) is 33.6 Å². The highest BCUT2D eigenvalue weighted by molar-refractivity contribution is 7.90. The monoisotopic (exact) mass is 459 g/mol. The lowest BCUT2D eigenvalue weighted by Crippen LogP contribution is -2.08. The predicted octanol–water partition coefficient (Wildman–Crippen LogP) is 4.93. The summed E-state index contributed by atoms with van der Waals surface area (Å²) in [6.07, 6.45) is 3.89. The van der Waals surface area contributed by atoms with Gasteiger partial charge in [0.05, 0.1) is 24.2 Å². The van der Waals surface area contributed by atoms with Crippen LogP contribution >= 0.6 is 0 Å². The minimum absolute atomic E-state index is 0.0352. The number of hydrogen-bond donors (Lipinski definition) is 3. The van der Waals surface area contributed by atoms with Gasteiger partial charge in [-0.25, -0.2) is 23.0 Å². The summed E-state index contributed by atoms with van der Waals surface area (Å²) in [5, 5.41) is 6.06. The summed E-state index contributed by atoms with van der Waals surface area (Å²) in [7, 11) is -2.76. The summed E-state index contributed by atoms with van der Waals surface area (Å²) < 4.78 is 54.3. The third kappa shape index (κ3) is 5.50. The third-order valence-electron chi connectivity index (χ3n) is 4.80. The lowest BCUT2D eigenvalue weighted by Gasteiger charge is -2.15. The molecule has 2 heterocycles. The molecule has 0 spiro atoms. The van der Waals surface area contributed by atoms with Gasteiger partial charge in [0.2, 0.25) is 5.95 Å². The van der Waals surface area contributed by atoms with Gasteiger partial charge in [-0.1, -0.05) is 0 Å². The van der Waals surface area contributed by atoms with Crippen molar-refractivity contribution in [1.82, 2.24) is 9.97 Å². The zero-order valence-electron chi connectivity index (χ0n) is 17.5. The van der Waals surface area contributed by atoms with E-state index in [9.17, 15) is 13.0 Å². The van der Waals surface area contributed by atoms with Crippen LogP contribution < -0.4 is 15.4 Å². The number of benzene rings is 2. The molecular weight excluding hydrogens is 436 g/mol. The molecule has 7 nitrogen and oxygen atoms in total. The van der Waals surface area contributed by atoms with Crippen molar-refractivity contribution < 1.29 is 17.7 Å². The predicted molar refractivity (Wildman–Crippen MR) is 121 cm³/mol. The first kappa shape index (κ1) is 21.9. The van der Waals surface area contributed by atoms with Crippen LogP contribution in [0.25, 0.3) is 11.3 Å². The fourth-order valence-corrected chi connectivity index (χ4v) is 4.23. The Morgan fingerprint density at radius 2 is 2.00 bits per heavy atom. The van der Waals surface area contributed by atoms with Crippen LogP contribution in [0.2, 0.25) is 0 Å². The molecule has 168 valence electrons. The Bertz CT molecular complexity index is 1250. The van der Waals surface area contributed by atoms with Gasteiger partial charge >= 0.3 is 0 Å². The van der Waals surface area contributed by atoms with Gasteiger partial charge in [0, 0.05) is 39.8 Å². The molecule has 0 amide bonds.